The summed E-state index contributed by atoms with van der Waals surface area (Å²) < 4.78 is 24.9. The molecular formula is C21H21FN6O3S. The number of carbonyl (C=O) groups is 2. The largest absolute Gasteiger partial charge is 0.370 e. The van der Waals surface area contributed by atoms with Gasteiger partial charge >= 0.3 is 0 Å². The highest BCUT2D eigenvalue weighted by molar-refractivity contribution is 7.09. The summed E-state index contributed by atoms with van der Waals surface area (Å²) in [7, 11) is 0. The quantitative estimate of drug-likeness (QED) is 0.601. The second-order valence-electron chi connectivity index (χ2n) is 7.72. The third-order valence-electron chi connectivity index (χ3n) is 5.73. The highest BCUT2D eigenvalue weighted by atomic mass is 32.1. The standard InChI is InChI=1S/C21H21FN6O3S/c1-12-17-18(27-9-10-31-11-16(27)29)24-19(20-23-13(2)25-32-20)28(17)8-7-26(12)21(30)14-3-5-15(22)6-4-14/h3-6,12H,7-11H2,1-2H3/t12-/m1/s1. The van der Waals surface area contributed by atoms with Crippen molar-refractivity contribution in [2.24, 2.45) is 0 Å². The number of aromatic nitrogens is 4. The first-order valence-electron chi connectivity index (χ1n) is 10.3. The zero-order chi connectivity index (χ0) is 22.4. The summed E-state index contributed by atoms with van der Waals surface area (Å²) in [6.45, 7) is 5.46. The van der Waals surface area contributed by atoms with Crippen LogP contribution in [0.4, 0.5) is 10.2 Å². The van der Waals surface area contributed by atoms with E-state index in [9.17, 15) is 14.0 Å². The van der Waals surface area contributed by atoms with Gasteiger partial charge in [0.05, 0.1) is 24.9 Å². The van der Waals surface area contributed by atoms with E-state index in [0.717, 1.165) is 5.69 Å². The number of aryl methyl sites for hydroxylation is 1. The fourth-order valence-corrected chi connectivity index (χ4v) is 4.84. The van der Waals surface area contributed by atoms with E-state index in [1.54, 1.807) is 9.80 Å². The first-order valence-corrected chi connectivity index (χ1v) is 11.1. The Morgan fingerprint density at radius 2 is 1.97 bits per heavy atom. The molecule has 0 aliphatic carbocycles. The lowest BCUT2D eigenvalue weighted by molar-refractivity contribution is -0.125. The molecule has 0 spiro atoms. The minimum absolute atomic E-state index is 0.00778. The lowest BCUT2D eigenvalue weighted by atomic mass is 10.1. The van der Waals surface area contributed by atoms with Crippen LogP contribution in [0, 0.1) is 12.7 Å². The van der Waals surface area contributed by atoms with E-state index in [1.807, 2.05) is 18.4 Å². The van der Waals surface area contributed by atoms with Crippen LogP contribution >= 0.6 is 11.5 Å². The van der Waals surface area contributed by atoms with Crippen LogP contribution in [0.25, 0.3) is 10.8 Å². The molecule has 2 amide bonds. The molecule has 0 unspecified atom stereocenters. The van der Waals surface area contributed by atoms with Crippen LogP contribution in [-0.2, 0) is 16.1 Å². The number of nitrogens with zero attached hydrogens (tertiary/aromatic N) is 6. The second-order valence-corrected chi connectivity index (χ2v) is 8.47. The maximum atomic E-state index is 13.3. The molecule has 1 aromatic carbocycles. The molecule has 166 valence electrons. The number of fused-ring (bicyclic) bond motifs is 1. The predicted octanol–water partition coefficient (Wildman–Crippen LogP) is 2.43. The van der Waals surface area contributed by atoms with E-state index < -0.39 is 5.82 Å². The van der Waals surface area contributed by atoms with Crippen LogP contribution < -0.4 is 4.90 Å². The normalized spacial score (nSPS) is 18.7. The monoisotopic (exact) mass is 456 g/mol. The Kier molecular flexibility index (Phi) is 5.22. The van der Waals surface area contributed by atoms with E-state index in [1.165, 1.54) is 35.8 Å². The number of carbonyl (C=O) groups excluding carboxylic acids is 2. The molecule has 0 N–H and O–H groups in total. The van der Waals surface area contributed by atoms with Gasteiger partial charge in [-0.2, -0.15) is 4.37 Å². The Bertz CT molecular complexity index is 1190. The van der Waals surface area contributed by atoms with Gasteiger partial charge < -0.3 is 14.2 Å². The number of imidazole rings is 1. The molecule has 2 aliphatic rings. The fraction of sp³-hybridized carbons (Fsp3) is 0.381. The van der Waals surface area contributed by atoms with Gasteiger partial charge in [0.1, 0.15) is 18.2 Å². The topological polar surface area (TPSA) is 93.5 Å². The molecule has 0 bridgehead atoms. The first kappa shape index (κ1) is 20.7. The molecular weight excluding hydrogens is 435 g/mol. The van der Waals surface area contributed by atoms with Gasteiger partial charge in [0, 0.05) is 18.7 Å². The summed E-state index contributed by atoms with van der Waals surface area (Å²) in [5, 5.41) is 0.668. The number of amides is 2. The minimum Gasteiger partial charge on any atom is -0.370 e. The Labute approximate surface area is 187 Å². The SMILES string of the molecule is Cc1nsc(-c2nc(N3CCOCC3=O)c3n2CCN(C(=O)c2ccc(F)cc2)[C@@H]3C)n1. The van der Waals surface area contributed by atoms with Crippen molar-refractivity contribution in [1.29, 1.82) is 0 Å². The lowest BCUT2D eigenvalue weighted by Crippen LogP contribution is -2.45. The Morgan fingerprint density at radius 3 is 2.66 bits per heavy atom. The Morgan fingerprint density at radius 1 is 1.19 bits per heavy atom. The zero-order valence-electron chi connectivity index (χ0n) is 17.6. The minimum atomic E-state index is -0.392. The van der Waals surface area contributed by atoms with E-state index >= 15 is 0 Å². The van der Waals surface area contributed by atoms with Crippen LogP contribution in [-0.4, -0.2) is 61.9 Å². The number of halogens is 1. The molecule has 0 saturated carbocycles. The van der Waals surface area contributed by atoms with Gasteiger partial charge in [-0.1, -0.05) is 0 Å². The van der Waals surface area contributed by atoms with Crippen LogP contribution in [0.5, 0.6) is 0 Å². The van der Waals surface area contributed by atoms with Crippen molar-refractivity contribution < 1.29 is 18.7 Å². The first-order chi connectivity index (χ1) is 15.4. The average molecular weight is 457 g/mol. The van der Waals surface area contributed by atoms with Crippen LogP contribution in [0.2, 0.25) is 0 Å². The predicted molar refractivity (Wildman–Crippen MR) is 115 cm³/mol. The van der Waals surface area contributed by atoms with Crippen LogP contribution in [0.1, 0.15) is 34.8 Å². The molecule has 0 radical (unpaired) electrons. The summed E-state index contributed by atoms with van der Waals surface area (Å²) in [6, 6.07) is 5.16. The van der Waals surface area contributed by atoms with Gasteiger partial charge in [-0.15, -0.1) is 0 Å². The summed E-state index contributed by atoms with van der Waals surface area (Å²) in [4.78, 5) is 38.5. The number of ether oxygens (including phenoxy) is 1. The summed E-state index contributed by atoms with van der Waals surface area (Å²) >= 11 is 1.25. The summed E-state index contributed by atoms with van der Waals surface area (Å²) in [5.74, 6) is 1.05. The Balaban J connectivity index is 1.58. The van der Waals surface area contributed by atoms with Crippen molar-refractivity contribution in [2.75, 3.05) is 31.2 Å². The van der Waals surface area contributed by atoms with Crippen LogP contribution in [0.3, 0.4) is 0 Å². The second kappa shape index (κ2) is 8.06. The van der Waals surface area contributed by atoms with Crippen LogP contribution in [0.15, 0.2) is 24.3 Å². The summed E-state index contributed by atoms with van der Waals surface area (Å²) in [6.07, 6.45) is 0. The van der Waals surface area contributed by atoms with Crippen molar-refractivity contribution in [3.63, 3.8) is 0 Å². The fourth-order valence-electron chi connectivity index (χ4n) is 4.17. The molecule has 1 atom stereocenters. The van der Waals surface area contributed by atoms with Gasteiger partial charge in [-0.3, -0.25) is 14.5 Å². The number of anilines is 1. The van der Waals surface area contributed by atoms with E-state index in [4.69, 9.17) is 9.72 Å². The molecule has 1 fully saturated rings. The average Bonchev–Trinajstić information content (AvgIpc) is 3.38. The number of hydrogen-bond donors (Lipinski definition) is 0. The van der Waals surface area contributed by atoms with Gasteiger partial charge in [0.15, 0.2) is 16.6 Å². The molecule has 5 rings (SSSR count). The molecule has 2 aromatic heterocycles. The summed E-state index contributed by atoms with van der Waals surface area (Å²) in [5.41, 5.74) is 1.18. The molecule has 2 aliphatic heterocycles. The zero-order valence-corrected chi connectivity index (χ0v) is 18.4. The van der Waals surface area contributed by atoms with Crippen molar-refractivity contribution in [2.45, 2.75) is 26.4 Å². The number of rotatable bonds is 3. The number of hydrogen-bond acceptors (Lipinski definition) is 7. The maximum Gasteiger partial charge on any atom is 0.254 e. The van der Waals surface area contributed by atoms with E-state index in [0.29, 0.717) is 54.3 Å². The van der Waals surface area contributed by atoms with Gasteiger partial charge in [-0.25, -0.2) is 14.4 Å². The van der Waals surface area contributed by atoms with Crippen molar-refractivity contribution in [3.8, 4) is 10.8 Å². The molecule has 3 aromatic rings. The maximum absolute atomic E-state index is 13.3. The molecule has 1 saturated heterocycles. The van der Waals surface area contributed by atoms with Gasteiger partial charge in [0.25, 0.3) is 11.8 Å². The smallest absolute Gasteiger partial charge is 0.254 e. The molecule has 9 nitrogen and oxygen atoms in total. The highest BCUT2D eigenvalue weighted by Crippen LogP contribution is 2.38. The molecule has 32 heavy (non-hydrogen) atoms. The lowest BCUT2D eigenvalue weighted by Gasteiger charge is -2.36. The number of morpholine rings is 1. The highest BCUT2D eigenvalue weighted by Gasteiger charge is 2.37. The van der Waals surface area contributed by atoms with E-state index in [-0.39, 0.29) is 24.5 Å². The van der Waals surface area contributed by atoms with Gasteiger partial charge in [-0.05, 0) is 49.6 Å². The Hall–Kier alpha value is -3.18. The van der Waals surface area contributed by atoms with E-state index in [2.05, 4.69) is 9.36 Å². The molecule has 11 heteroatoms. The van der Waals surface area contributed by atoms with Crippen molar-refractivity contribution >= 4 is 29.2 Å². The van der Waals surface area contributed by atoms with Crippen molar-refractivity contribution in [3.05, 3.63) is 47.2 Å². The third kappa shape index (κ3) is 3.47. The molecule has 4 heterocycles. The third-order valence-corrected chi connectivity index (χ3v) is 6.53. The van der Waals surface area contributed by atoms with Gasteiger partial charge in [0.2, 0.25) is 0 Å². The van der Waals surface area contributed by atoms with Crippen molar-refractivity contribution in [1.82, 2.24) is 23.8 Å². The number of benzene rings is 1.